The van der Waals surface area contributed by atoms with Gasteiger partial charge in [0.25, 0.3) is 5.56 Å². The second kappa shape index (κ2) is 4.82. The van der Waals surface area contributed by atoms with Crippen molar-refractivity contribution in [1.29, 1.82) is 0 Å². The van der Waals surface area contributed by atoms with Crippen molar-refractivity contribution in [2.75, 3.05) is 14.2 Å². The van der Waals surface area contributed by atoms with Gasteiger partial charge in [-0.2, -0.15) is 0 Å². The third-order valence-corrected chi connectivity index (χ3v) is 3.47. The number of phosphoric acid groups is 1. The van der Waals surface area contributed by atoms with Gasteiger partial charge >= 0.3 is 7.82 Å². The van der Waals surface area contributed by atoms with Crippen LogP contribution in [0.5, 0.6) is 5.75 Å². The number of aromatic nitrogens is 1. The molecule has 0 aliphatic heterocycles. The molecule has 0 fully saturated rings. The van der Waals surface area contributed by atoms with E-state index in [-0.39, 0.29) is 11.3 Å². The molecule has 1 heterocycles. The molecule has 0 radical (unpaired) electrons. The maximum atomic E-state index is 11.7. The van der Waals surface area contributed by atoms with Crippen LogP contribution in [0.3, 0.4) is 0 Å². The van der Waals surface area contributed by atoms with Crippen molar-refractivity contribution in [3.63, 3.8) is 0 Å². The van der Waals surface area contributed by atoms with Crippen LogP contribution in [0, 0.1) is 6.92 Å². The van der Waals surface area contributed by atoms with Gasteiger partial charge in [-0.15, -0.1) is 0 Å². The van der Waals surface area contributed by atoms with Crippen molar-refractivity contribution >= 4 is 7.82 Å². The first-order chi connectivity index (χ1) is 7.41. The minimum absolute atomic E-state index is 0.160. The van der Waals surface area contributed by atoms with Crippen molar-refractivity contribution in [3.05, 3.63) is 28.2 Å². The van der Waals surface area contributed by atoms with Gasteiger partial charge in [0.2, 0.25) is 0 Å². The first-order valence-electron chi connectivity index (χ1n) is 4.50. The van der Waals surface area contributed by atoms with E-state index in [1.807, 2.05) is 0 Å². The van der Waals surface area contributed by atoms with E-state index in [4.69, 9.17) is 4.52 Å². The van der Waals surface area contributed by atoms with Crippen LogP contribution in [0.15, 0.2) is 16.9 Å². The fraction of sp³-hybridized carbons (Fsp3) is 0.444. The molecule has 0 unspecified atom stereocenters. The molecule has 1 aromatic rings. The summed E-state index contributed by atoms with van der Waals surface area (Å²) in [6, 6.07) is 2.80. The Labute approximate surface area is 93.4 Å². The number of nitrogens with zero attached hydrogens (tertiary/aromatic N) is 1. The summed E-state index contributed by atoms with van der Waals surface area (Å²) in [5, 5.41) is 0. The van der Waals surface area contributed by atoms with E-state index in [1.165, 1.54) is 24.9 Å². The Morgan fingerprint density at radius 3 is 2.25 bits per heavy atom. The Morgan fingerprint density at radius 2 is 1.81 bits per heavy atom. The zero-order valence-corrected chi connectivity index (χ0v) is 10.5. The molecule has 90 valence electrons. The largest absolute Gasteiger partial charge is 0.529 e. The van der Waals surface area contributed by atoms with Gasteiger partial charge in [-0.1, -0.05) is 0 Å². The summed E-state index contributed by atoms with van der Waals surface area (Å²) in [6.45, 7) is 1.73. The van der Waals surface area contributed by atoms with Crippen molar-refractivity contribution in [2.45, 2.75) is 6.92 Å². The Morgan fingerprint density at radius 1 is 1.25 bits per heavy atom. The van der Waals surface area contributed by atoms with Crippen LogP contribution >= 0.6 is 7.82 Å². The topological polar surface area (TPSA) is 66.8 Å². The average Bonchev–Trinajstić information content (AvgIpc) is 2.25. The molecule has 0 saturated heterocycles. The minimum atomic E-state index is -3.61. The highest BCUT2D eigenvalue weighted by molar-refractivity contribution is 7.48. The summed E-state index contributed by atoms with van der Waals surface area (Å²) in [5.41, 5.74) is 0.426. The number of hydrogen-bond acceptors (Lipinski definition) is 5. The lowest BCUT2D eigenvalue weighted by atomic mass is 10.3. The Kier molecular flexibility index (Phi) is 3.91. The molecule has 0 N–H and O–H groups in total. The van der Waals surface area contributed by atoms with E-state index in [1.54, 1.807) is 20.0 Å². The molecule has 0 saturated carbocycles. The molecule has 1 aromatic heterocycles. The highest BCUT2D eigenvalue weighted by atomic mass is 31.2. The van der Waals surface area contributed by atoms with Crippen LogP contribution in [0.25, 0.3) is 0 Å². The summed E-state index contributed by atoms with van der Waals surface area (Å²) < 4.78 is 27.3. The zero-order chi connectivity index (χ0) is 12.3. The van der Waals surface area contributed by atoms with E-state index in [0.29, 0.717) is 5.69 Å². The van der Waals surface area contributed by atoms with Gasteiger partial charge in [0, 0.05) is 39.1 Å². The maximum Gasteiger partial charge on any atom is 0.529 e. The van der Waals surface area contributed by atoms with E-state index in [0.717, 1.165) is 0 Å². The fourth-order valence-corrected chi connectivity index (χ4v) is 1.73. The maximum absolute atomic E-state index is 11.7. The normalized spacial score (nSPS) is 11.5. The van der Waals surface area contributed by atoms with Crippen LogP contribution in [-0.4, -0.2) is 18.8 Å². The van der Waals surface area contributed by atoms with E-state index in [2.05, 4.69) is 9.05 Å². The molecule has 0 atom stereocenters. The first kappa shape index (κ1) is 13.0. The van der Waals surface area contributed by atoms with Gasteiger partial charge in [0.1, 0.15) is 5.75 Å². The molecule has 0 bridgehead atoms. The molecule has 0 amide bonds. The summed E-state index contributed by atoms with van der Waals surface area (Å²) in [4.78, 5) is 11.4. The van der Waals surface area contributed by atoms with E-state index in [9.17, 15) is 9.36 Å². The predicted molar refractivity (Wildman–Crippen MR) is 58.7 cm³/mol. The van der Waals surface area contributed by atoms with Gasteiger partial charge in [-0.3, -0.25) is 13.8 Å². The standard InChI is InChI=1S/C9H14NO5P/c1-7-5-8(6-9(11)10(7)2)15-16(12,13-3)14-4/h5-6H,1-4H3. The van der Waals surface area contributed by atoms with Gasteiger partial charge in [-0.05, 0) is 6.92 Å². The SMILES string of the molecule is COP(=O)(OC)Oc1cc(C)n(C)c(=O)c1. The molecular formula is C9H14NO5P. The number of pyridine rings is 1. The summed E-state index contributed by atoms with van der Waals surface area (Å²) in [7, 11) is 0.440. The first-order valence-corrected chi connectivity index (χ1v) is 5.96. The molecule has 0 aromatic carbocycles. The van der Waals surface area contributed by atoms with E-state index >= 15 is 0 Å². The Hall–Kier alpha value is -1.10. The van der Waals surface area contributed by atoms with Gasteiger partial charge in [0.15, 0.2) is 0 Å². The van der Waals surface area contributed by atoms with Crippen LogP contribution in [-0.2, 0) is 20.7 Å². The molecule has 7 heteroatoms. The predicted octanol–water partition coefficient (Wildman–Crippen LogP) is 1.47. The van der Waals surface area contributed by atoms with Gasteiger partial charge in [0.05, 0.1) is 0 Å². The number of aryl methyl sites for hydroxylation is 1. The van der Waals surface area contributed by atoms with E-state index < -0.39 is 7.82 Å². The molecule has 1 rings (SSSR count). The second-order valence-corrected chi connectivity index (χ2v) is 4.94. The Balaban J connectivity index is 3.08. The van der Waals surface area contributed by atoms with Crippen molar-refractivity contribution in [1.82, 2.24) is 4.57 Å². The van der Waals surface area contributed by atoms with Crippen LogP contribution in [0.2, 0.25) is 0 Å². The van der Waals surface area contributed by atoms with Gasteiger partial charge < -0.3 is 9.09 Å². The lowest BCUT2D eigenvalue weighted by Crippen LogP contribution is -2.17. The average molecular weight is 247 g/mol. The summed E-state index contributed by atoms with van der Waals surface area (Å²) >= 11 is 0. The van der Waals surface area contributed by atoms with Crippen molar-refractivity contribution in [2.24, 2.45) is 7.05 Å². The summed E-state index contributed by atoms with van der Waals surface area (Å²) in [5.74, 6) is 0.160. The Bertz CT molecular complexity index is 473. The third kappa shape index (κ3) is 2.72. The van der Waals surface area contributed by atoms with Crippen LogP contribution in [0.4, 0.5) is 0 Å². The number of phosphoric ester groups is 1. The monoisotopic (exact) mass is 247 g/mol. The van der Waals surface area contributed by atoms with Gasteiger partial charge in [-0.25, -0.2) is 4.57 Å². The highest BCUT2D eigenvalue weighted by Gasteiger charge is 2.25. The lowest BCUT2D eigenvalue weighted by molar-refractivity contribution is 0.211. The highest BCUT2D eigenvalue weighted by Crippen LogP contribution is 2.47. The third-order valence-electron chi connectivity index (χ3n) is 2.14. The molecule has 0 aliphatic carbocycles. The number of rotatable bonds is 4. The fourth-order valence-electron chi connectivity index (χ4n) is 1.07. The number of hydrogen-bond donors (Lipinski definition) is 0. The molecule has 16 heavy (non-hydrogen) atoms. The van der Waals surface area contributed by atoms with Crippen molar-refractivity contribution in [3.8, 4) is 5.75 Å². The molecular weight excluding hydrogens is 233 g/mol. The zero-order valence-electron chi connectivity index (χ0n) is 9.59. The molecule has 6 nitrogen and oxygen atoms in total. The van der Waals surface area contributed by atoms with Crippen molar-refractivity contribution < 1.29 is 18.1 Å². The minimum Gasteiger partial charge on any atom is -0.404 e. The van der Waals surface area contributed by atoms with Crippen LogP contribution < -0.4 is 10.1 Å². The quantitative estimate of drug-likeness (QED) is 0.754. The lowest BCUT2D eigenvalue weighted by Gasteiger charge is -2.14. The second-order valence-electron chi connectivity index (χ2n) is 3.13. The molecule has 0 aliphatic rings. The molecule has 0 spiro atoms. The summed E-state index contributed by atoms with van der Waals surface area (Å²) in [6.07, 6.45) is 0. The smallest absolute Gasteiger partial charge is 0.404 e. The van der Waals surface area contributed by atoms with Crippen LogP contribution in [0.1, 0.15) is 5.69 Å².